The van der Waals surface area contributed by atoms with E-state index >= 15 is 0 Å². The van der Waals surface area contributed by atoms with Gasteiger partial charge < -0.3 is 14.8 Å². The Labute approximate surface area is 107 Å². The van der Waals surface area contributed by atoms with E-state index in [0.29, 0.717) is 13.0 Å². The maximum atomic E-state index is 11.3. The summed E-state index contributed by atoms with van der Waals surface area (Å²) in [5.74, 6) is 0.471. The third-order valence-electron chi connectivity index (χ3n) is 2.82. The van der Waals surface area contributed by atoms with Gasteiger partial charge >= 0.3 is 5.97 Å². The average molecular weight is 249 g/mol. The molecule has 1 saturated heterocycles. The summed E-state index contributed by atoms with van der Waals surface area (Å²) in [6, 6.07) is 7.82. The van der Waals surface area contributed by atoms with Crippen molar-refractivity contribution in [2.45, 2.75) is 32.4 Å². The van der Waals surface area contributed by atoms with Crippen LogP contribution in [0.4, 0.5) is 0 Å². The second kappa shape index (κ2) is 6.40. The lowest BCUT2D eigenvalue weighted by Crippen LogP contribution is -2.21. The molecule has 18 heavy (non-hydrogen) atoms. The number of carbonyl (C=O) groups is 1. The molecule has 1 heterocycles. The molecule has 1 N–H and O–H groups in total. The maximum Gasteiger partial charge on any atom is 0.347 e. The molecule has 1 fully saturated rings. The Morgan fingerprint density at radius 2 is 2.39 bits per heavy atom. The minimum Gasteiger partial charge on any atom is -0.479 e. The highest BCUT2D eigenvalue weighted by Crippen LogP contribution is 2.19. The van der Waals surface area contributed by atoms with Crippen molar-refractivity contribution < 1.29 is 14.3 Å². The quantitative estimate of drug-likeness (QED) is 0.617. The van der Waals surface area contributed by atoms with Gasteiger partial charge in [-0.25, -0.2) is 4.79 Å². The smallest absolute Gasteiger partial charge is 0.347 e. The van der Waals surface area contributed by atoms with Gasteiger partial charge in [0.2, 0.25) is 0 Å². The van der Waals surface area contributed by atoms with Gasteiger partial charge in [-0.15, -0.1) is 0 Å². The van der Waals surface area contributed by atoms with Crippen molar-refractivity contribution in [1.29, 1.82) is 0 Å². The number of carbonyl (C=O) groups excluding carboxylic acids is 1. The number of benzene rings is 1. The molecule has 1 aliphatic rings. The van der Waals surface area contributed by atoms with Gasteiger partial charge in [-0.3, -0.25) is 0 Å². The summed E-state index contributed by atoms with van der Waals surface area (Å²) in [4.78, 5) is 11.3. The van der Waals surface area contributed by atoms with Crippen molar-refractivity contribution in [1.82, 2.24) is 5.32 Å². The molecule has 98 valence electrons. The van der Waals surface area contributed by atoms with Crippen LogP contribution in [-0.4, -0.2) is 25.2 Å². The highest BCUT2D eigenvalue weighted by atomic mass is 16.6. The lowest BCUT2D eigenvalue weighted by molar-refractivity contribution is -0.143. The molecule has 1 atom stereocenters. The number of cyclic esters (lactones) is 1. The fourth-order valence-electron chi connectivity index (χ4n) is 1.89. The van der Waals surface area contributed by atoms with Gasteiger partial charge in [0, 0.05) is 13.0 Å². The van der Waals surface area contributed by atoms with E-state index in [9.17, 15) is 4.79 Å². The van der Waals surface area contributed by atoms with E-state index < -0.39 is 6.10 Å². The van der Waals surface area contributed by atoms with Crippen molar-refractivity contribution in [3.05, 3.63) is 29.8 Å². The van der Waals surface area contributed by atoms with Gasteiger partial charge in [0.05, 0.1) is 6.61 Å². The summed E-state index contributed by atoms with van der Waals surface area (Å²) in [6.45, 7) is 4.42. The van der Waals surface area contributed by atoms with Gasteiger partial charge in [-0.1, -0.05) is 19.1 Å². The Morgan fingerprint density at radius 3 is 3.11 bits per heavy atom. The predicted molar refractivity (Wildman–Crippen MR) is 68.4 cm³/mol. The summed E-state index contributed by atoms with van der Waals surface area (Å²) in [5, 5.41) is 3.33. The fraction of sp³-hybridized carbons (Fsp3) is 0.500. The number of ether oxygens (including phenoxy) is 2. The third-order valence-corrected chi connectivity index (χ3v) is 2.82. The topological polar surface area (TPSA) is 47.6 Å². The van der Waals surface area contributed by atoms with Crippen molar-refractivity contribution in [3.63, 3.8) is 0 Å². The lowest BCUT2D eigenvalue weighted by atomic mass is 10.2. The molecule has 0 saturated carbocycles. The fourth-order valence-corrected chi connectivity index (χ4v) is 1.89. The summed E-state index contributed by atoms with van der Waals surface area (Å²) >= 11 is 0. The number of hydrogen-bond acceptors (Lipinski definition) is 4. The van der Waals surface area contributed by atoms with E-state index in [4.69, 9.17) is 9.47 Å². The van der Waals surface area contributed by atoms with Crippen molar-refractivity contribution in [2.24, 2.45) is 0 Å². The molecule has 4 nitrogen and oxygen atoms in total. The number of hydrogen-bond donors (Lipinski definition) is 1. The van der Waals surface area contributed by atoms with Crippen LogP contribution in [0.1, 0.15) is 25.3 Å². The second-order valence-corrected chi connectivity index (χ2v) is 4.39. The molecule has 2 rings (SSSR count). The van der Waals surface area contributed by atoms with Crippen molar-refractivity contribution >= 4 is 5.97 Å². The lowest BCUT2D eigenvalue weighted by Gasteiger charge is -2.11. The van der Waals surface area contributed by atoms with Crippen molar-refractivity contribution in [2.75, 3.05) is 13.2 Å². The van der Waals surface area contributed by atoms with E-state index in [0.717, 1.165) is 30.8 Å². The van der Waals surface area contributed by atoms with Crippen LogP contribution in [0.15, 0.2) is 24.3 Å². The molecule has 1 unspecified atom stereocenters. The van der Waals surface area contributed by atoms with Gasteiger partial charge in [0.1, 0.15) is 5.75 Å². The Balaban J connectivity index is 1.92. The molecule has 1 aliphatic heterocycles. The van der Waals surface area contributed by atoms with E-state index in [2.05, 4.69) is 12.2 Å². The highest BCUT2D eigenvalue weighted by molar-refractivity contribution is 5.76. The first-order chi connectivity index (χ1) is 8.79. The van der Waals surface area contributed by atoms with Crippen LogP contribution >= 0.6 is 0 Å². The van der Waals surface area contributed by atoms with Crippen LogP contribution < -0.4 is 10.1 Å². The molecular formula is C14H19NO3. The first-order valence-corrected chi connectivity index (χ1v) is 6.42. The van der Waals surface area contributed by atoms with E-state index in [1.54, 1.807) is 0 Å². The molecule has 0 spiro atoms. The average Bonchev–Trinajstić information content (AvgIpc) is 2.76. The maximum absolute atomic E-state index is 11.3. The third kappa shape index (κ3) is 3.47. The summed E-state index contributed by atoms with van der Waals surface area (Å²) in [5.41, 5.74) is 1.16. The largest absolute Gasteiger partial charge is 0.479 e. The zero-order valence-electron chi connectivity index (χ0n) is 10.6. The van der Waals surface area contributed by atoms with Gasteiger partial charge in [-0.05, 0) is 30.7 Å². The number of rotatable bonds is 6. The molecule has 0 amide bonds. The summed E-state index contributed by atoms with van der Waals surface area (Å²) < 4.78 is 10.5. The molecular weight excluding hydrogens is 230 g/mol. The van der Waals surface area contributed by atoms with Crippen LogP contribution in [0.5, 0.6) is 5.75 Å². The summed E-state index contributed by atoms with van der Waals surface area (Å²) in [6.07, 6.45) is 1.31. The molecule has 0 aliphatic carbocycles. The monoisotopic (exact) mass is 249 g/mol. The van der Waals surface area contributed by atoms with Crippen LogP contribution in [-0.2, 0) is 16.1 Å². The second-order valence-electron chi connectivity index (χ2n) is 4.39. The standard InChI is InChI=1S/C14H19NO3/c1-2-7-15-10-11-4-3-5-12(9-11)18-13-6-8-17-14(13)16/h3-5,9,13,15H,2,6-8,10H2,1H3. The number of nitrogens with one attached hydrogen (secondary N) is 1. The van der Waals surface area contributed by atoms with Crippen LogP contribution in [0.25, 0.3) is 0 Å². The van der Waals surface area contributed by atoms with Crippen LogP contribution in [0, 0.1) is 0 Å². The first kappa shape index (κ1) is 12.9. The normalized spacial score (nSPS) is 18.7. The van der Waals surface area contributed by atoms with E-state index in [1.165, 1.54) is 0 Å². The predicted octanol–water partition coefficient (Wildman–Crippen LogP) is 1.88. The molecule has 0 aromatic heterocycles. The minimum atomic E-state index is -0.441. The molecule has 1 aromatic rings. The summed E-state index contributed by atoms with van der Waals surface area (Å²) in [7, 11) is 0. The van der Waals surface area contributed by atoms with Gasteiger partial charge in [0.25, 0.3) is 0 Å². The number of esters is 1. The van der Waals surface area contributed by atoms with Gasteiger partial charge in [0.15, 0.2) is 6.10 Å². The SMILES string of the molecule is CCCNCc1cccc(OC2CCOC2=O)c1. The molecule has 0 radical (unpaired) electrons. The Morgan fingerprint density at radius 1 is 1.50 bits per heavy atom. The zero-order chi connectivity index (χ0) is 12.8. The van der Waals surface area contributed by atoms with Crippen LogP contribution in [0.3, 0.4) is 0 Å². The molecule has 0 bridgehead atoms. The zero-order valence-corrected chi connectivity index (χ0v) is 10.6. The van der Waals surface area contributed by atoms with Crippen LogP contribution in [0.2, 0.25) is 0 Å². The van der Waals surface area contributed by atoms with E-state index in [-0.39, 0.29) is 5.97 Å². The first-order valence-electron chi connectivity index (χ1n) is 6.42. The van der Waals surface area contributed by atoms with E-state index in [1.807, 2.05) is 24.3 Å². The minimum absolute atomic E-state index is 0.260. The highest BCUT2D eigenvalue weighted by Gasteiger charge is 2.28. The Bertz CT molecular complexity index is 406. The Hall–Kier alpha value is -1.55. The van der Waals surface area contributed by atoms with Gasteiger partial charge in [-0.2, -0.15) is 0 Å². The Kier molecular flexibility index (Phi) is 4.59. The molecule has 1 aromatic carbocycles. The van der Waals surface area contributed by atoms with Crippen molar-refractivity contribution in [3.8, 4) is 5.75 Å². The molecule has 4 heteroatoms.